The fourth-order valence-electron chi connectivity index (χ4n) is 4.72. The molecule has 0 bridgehead atoms. The van der Waals surface area contributed by atoms with Crippen LogP contribution in [0.2, 0.25) is 5.02 Å². The zero-order valence-electron chi connectivity index (χ0n) is 26.0. The highest BCUT2D eigenvalue weighted by Gasteiger charge is 2.29. The molecule has 9 nitrogen and oxygen atoms in total. The summed E-state index contributed by atoms with van der Waals surface area (Å²) in [6, 6.07) is 21.3. The molecule has 0 radical (unpaired) electrons. The van der Waals surface area contributed by atoms with E-state index in [0.717, 1.165) is 11.1 Å². The van der Waals surface area contributed by atoms with Crippen molar-refractivity contribution < 1.29 is 28.7 Å². The van der Waals surface area contributed by atoms with Crippen LogP contribution in [0.3, 0.4) is 0 Å². The first-order valence-electron chi connectivity index (χ1n) is 14.9. The fraction of sp³-hybridized carbons (Fsp3) is 0.278. The first-order chi connectivity index (χ1) is 22.2. The highest BCUT2D eigenvalue weighted by molar-refractivity contribution is 6.30. The lowest BCUT2D eigenvalue weighted by Crippen LogP contribution is -2.53. The number of esters is 1. The number of rotatable bonds is 18. The predicted octanol–water partition coefficient (Wildman–Crippen LogP) is 4.94. The van der Waals surface area contributed by atoms with Crippen LogP contribution in [-0.2, 0) is 32.0 Å². The minimum absolute atomic E-state index is 0.00104. The van der Waals surface area contributed by atoms with Crippen molar-refractivity contribution in [1.82, 2.24) is 15.5 Å². The standard InChI is InChI=1S/C36H40ClN3O6/c1-4-21-40(22-20-26-12-8-6-9-13-26)33(41)19-18-30(36(44)45-3)38-35(43)31(24-27-14-10-7-11-15-27)39-34(42)29-17-16-28(37)25-32(29)46-23-5-2/h4-17,25,30-31H,1-2,18-24H2,3H3,(H,38,43)(H,39,42). The topological polar surface area (TPSA) is 114 Å². The lowest BCUT2D eigenvalue weighted by Gasteiger charge is -2.24. The van der Waals surface area contributed by atoms with E-state index >= 15 is 0 Å². The second-order valence-corrected chi connectivity index (χ2v) is 10.9. The van der Waals surface area contributed by atoms with E-state index in [2.05, 4.69) is 23.8 Å². The van der Waals surface area contributed by atoms with Crippen molar-refractivity contribution in [3.05, 3.63) is 126 Å². The number of hydrogen-bond donors (Lipinski definition) is 2. The van der Waals surface area contributed by atoms with Crippen LogP contribution in [0, 0.1) is 0 Å². The van der Waals surface area contributed by atoms with Crippen molar-refractivity contribution in [3.63, 3.8) is 0 Å². The van der Waals surface area contributed by atoms with Crippen LogP contribution in [0.25, 0.3) is 0 Å². The van der Waals surface area contributed by atoms with Gasteiger partial charge in [-0.2, -0.15) is 0 Å². The molecule has 3 rings (SSSR count). The second kappa shape index (κ2) is 18.8. The molecule has 0 heterocycles. The van der Waals surface area contributed by atoms with Crippen molar-refractivity contribution in [2.24, 2.45) is 0 Å². The third kappa shape index (κ3) is 11.2. The summed E-state index contributed by atoms with van der Waals surface area (Å²) in [7, 11) is 1.21. The van der Waals surface area contributed by atoms with E-state index in [9.17, 15) is 19.2 Å². The maximum Gasteiger partial charge on any atom is 0.328 e. The van der Waals surface area contributed by atoms with Crippen molar-refractivity contribution >= 4 is 35.3 Å². The molecule has 0 aliphatic heterocycles. The Labute approximate surface area is 275 Å². The molecule has 2 N–H and O–H groups in total. The van der Waals surface area contributed by atoms with Crippen LogP contribution in [0.5, 0.6) is 5.75 Å². The third-order valence-corrected chi connectivity index (χ3v) is 7.35. The lowest BCUT2D eigenvalue weighted by molar-refractivity contribution is -0.145. The van der Waals surface area contributed by atoms with E-state index in [1.807, 2.05) is 60.7 Å². The summed E-state index contributed by atoms with van der Waals surface area (Å²) < 4.78 is 10.6. The molecule has 46 heavy (non-hydrogen) atoms. The van der Waals surface area contributed by atoms with Gasteiger partial charge in [-0.05, 0) is 42.2 Å². The van der Waals surface area contributed by atoms with Crippen LogP contribution in [0.15, 0.2) is 104 Å². The molecule has 10 heteroatoms. The minimum Gasteiger partial charge on any atom is -0.489 e. The number of nitrogens with one attached hydrogen (secondary N) is 2. The maximum absolute atomic E-state index is 13.7. The Morgan fingerprint density at radius 2 is 1.57 bits per heavy atom. The second-order valence-electron chi connectivity index (χ2n) is 10.4. The summed E-state index contributed by atoms with van der Waals surface area (Å²) in [6.45, 7) is 8.34. The van der Waals surface area contributed by atoms with Gasteiger partial charge in [-0.25, -0.2) is 4.79 Å². The van der Waals surface area contributed by atoms with Gasteiger partial charge in [-0.15, -0.1) is 6.58 Å². The highest BCUT2D eigenvalue weighted by atomic mass is 35.5. The molecular formula is C36H40ClN3O6. The van der Waals surface area contributed by atoms with E-state index in [1.54, 1.807) is 17.0 Å². The van der Waals surface area contributed by atoms with Crippen molar-refractivity contribution in [3.8, 4) is 5.75 Å². The third-order valence-electron chi connectivity index (χ3n) is 7.11. The zero-order chi connectivity index (χ0) is 33.3. The molecule has 0 aliphatic rings. The quantitative estimate of drug-likeness (QED) is 0.150. The number of halogens is 1. The van der Waals surface area contributed by atoms with Gasteiger partial charge in [0.25, 0.3) is 5.91 Å². The molecule has 0 aromatic heterocycles. The molecule has 3 amide bonds. The largest absolute Gasteiger partial charge is 0.489 e. The molecule has 2 unspecified atom stereocenters. The summed E-state index contributed by atoms with van der Waals surface area (Å²) >= 11 is 6.12. The van der Waals surface area contributed by atoms with Gasteiger partial charge in [0.1, 0.15) is 24.4 Å². The number of methoxy groups -OCH3 is 1. The average Bonchev–Trinajstić information content (AvgIpc) is 3.07. The SMILES string of the molecule is C=CCOc1cc(Cl)ccc1C(=O)NC(Cc1ccccc1)C(=O)NC(CCC(=O)N(CC=C)CCc1ccccc1)C(=O)OC. The Hall–Kier alpha value is -4.89. The number of ether oxygens (including phenoxy) is 2. The van der Waals surface area contributed by atoms with E-state index in [4.69, 9.17) is 21.1 Å². The molecule has 3 aromatic carbocycles. The summed E-state index contributed by atoms with van der Waals surface area (Å²) in [4.78, 5) is 54.8. The normalized spacial score (nSPS) is 11.8. The molecular weight excluding hydrogens is 606 g/mol. The molecule has 0 spiro atoms. The van der Waals surface area contributed by atoms with Crippen molar-refractivity contribution in [1.29, 1.82) is 0 Å². The Balaban J connectivity index is 1.75. The predicted molar refractivity (Wildman–Crippen MR) is 179 cm³/mol. The number of hydrogen-bond acceptors (Lipinski definition) is 6. The zero-order valence-corrected chi connectivity index (χ0v) is 26.7. The first-order valence-corrected chi connectivity index (χ1v) is 15.3. The van der Waals surface area contributed by atoms with E-state index < -0.39 is 29.9 Å². The molecule has 3 aromatic rings. The fourth-order valence-corrected chi connectivity index (χ4v) is 4.88. The van der Waals surface area contributed by atoms with Gasteiger partial charge in [-0.1, -0.05) is 91.0 Å². The first kappa shape index (κ1) is 35.6. The van der Waals surface area contributed by atoms with Crippen molar-refractivity contribution in [2.75, 3.05) is 26.8 Å². The van der Waals surface area contributed by atoms with Crippen LogP contribution in [-0.4, -0.2) is 67.5 Å². The summed E-state index contributed by atoms with van der Waals surface area (Å²) in [5.74, 6) is -1.86. The summed E-state index contributed by atoms with van der Waals surface area (Å²) in [5.41, 5.74) is 2.05. The van der Waals surface area contributed by atoms with Gasteiger partial charge < -0.3 is 25.0 Å². The molecule has 0 saturated heterocycles. The van der Waals surface area contributed by atoms with Gasteiger partial charge in [-0.3, -0.25) is 14.4 Å². The summed E-state index contributed by atoms with van der Waals surface area (Å²) in [6.07, 6.45) is 3.95. The monoisotopic (exact) mass is 645 g/mol. The Bertz CT molecular complexity index is 1480. The van der Waals surface area contributed by atoms with Gasteiger partial charge >= 0.3 is 5.97 Å². The van der Waals surface area contributed by atoms with Gasteiger partial charge in [0.05, 0.1) is 12.7 Å². The number of carbonyl (C=O) groups excluding carboxylic acids is 4. The van der Waals surface area contributed by atoms with E-state index in [1.165, 1.54) is 25.3 Å². The number of benzene rings is 3. The molecule has 0 fully saturated rings. The number of carbonyl (C=O) groups is 4. The molecule has 242 valence electrons. The Morgan fingerprint density at radius 1 is 0.891 bits per heavy atom. The molecule has 2 atom stereocenters. The van der Waals surface area contributed by atoms with E-state index in [-0.39, 0.29) is 43.1 Å². The molecule has 0 saturated carbocycles. The Morgan fingerprint density at radius 3 is 2.20 bits per heavy atom. The highest BCUT2D eigenvalue weighted by Crippen LogP contribution is 2.24. The van der Waals surface area contributed by atoms with Crippen LogP contribution < -0.4 is 15.4 Å². The molecule has 0 aliphatic carbocycles. The van der Waals surface area contributed by atoms with Crippen LogP contribution >= 0.6 is 11.6 Å². The van der Waals surface area contributed by atoms with Crippen LogP contribution in [0.1, 0.15) is 34.3 Å². The average molecular weight is 646 g/mol. The van der Waals surface area contributed by atoms with Gasteiger partial charge in [0, 0.05) is 31.0 Å². The van der Waals surface area contributed by atoms with E-state index in [0.29, 0.717) is 24.5 Å². The van der Waals surface area contributed by atoms with Gasteiger partial charge in [0.15, 0.2) is 0 Å². The van der Waals surface area contributed by atoms with Crippen LogP contribution in [0.4, 0.5) is 0 Å². The Kier molecular flexibility index (Phi) is 14.6. The van der Waals surface area contributed by atoms with Crippen molar-refractivity contribution in [2.45, 2.75) is 37.8 Å². The maximum atomic E-state index is 13.7. The smallest absolute Gasteiger partial charge is 0.328 e. The number of amides is 3. The van der Waals surface area contributed by atoms with Gasteiger partial charge in [0.2, 0.25) is 11.8 Å². The summed E-state index contributed by atoms with van der Waals surface area (Å²) in [5, 5.41) is 5.85. The number of nitrogens with zero attached hydrogens (tertiary/aromatic N) is 1. The lowest BCUT2D eigenvalue weighted by atomic mass is 10.0. The minimum atomic E-state index is -1.13.